The molecule has 1 aromatic heterocycles. The Morgan fingerprint density at radius 1 is 1.33 bits per heavy atom. The van der Waals surface area contributed by atoms with Crippen LogP contribution in [0.25, 0.3) is 0 Å². The molecule has 2 unspecified atom stereocenters. The van der Waals surface area contributed by atoms with Crippen molar-refractivity contribution in [2.24, 2.45) is 5.73 Å². The van der Waals surface area contributed by atoms with E-state index < -0.39 is 0 Å². The molecule has 0 aliphatic rings. The first-order chi connectivity index (χ1) is 10.0. The highest BCUT2D eigenvalue weighted by atomic mass is 16.5. The van der Waals surface area contributed by atoms with Crippen LogP contribution in [0.1, 0.15) is 49.2 Å². The minimum absolute atomic E-state index is 0.0696. The van der Waals surface area contributed by atoms with Crippen LogP contribution in [0, 0.1) is 6.92 Å². The molecule has 0 aliphatic heterocycles. The first kappa shape index (κ1) is 15.6. The van der Waals surface area contributed by atoms with Crippen molar-refractivity contribution in [3.05, 3.63) is 47.3 Å². The summed E-state index contributed by atoms with van der Waals surface area (Å²) >= 11 is 0. The molecule has 4 nitrogen and oxygen atoms in total. The quantitative estimate of drug-likeness (QED) is 0.885. The summed E-state index contributed by atoms with van der Waals surface area (Å²) in [4.78, 5) is 0. The van der Waals surface area contributed by atoms with E-state index in [0.29, 0.717) is 6.04 Å². The molecule has 0 aliphatic carbocycles. The lowest BCUT2D eigenvalue weighted by Crippen LogP contribution is -2.14. The van der Waals surface area contributed by atoms with Crippen molar-refractivity contribution >= 4 is 0 Å². The molecule has 1 heterocycles. The van der Waals surface area contributed by atoms with E-state index in [1.165, 1.54) is 0 Å². The molecular weight excluding hydrogens is 262 g/mol. The average Bonchev–Trinajstić information content (AvgIpc) is 2.95. The van der Waals surface area contributed by atoms with Crippen LogP contribution >= 0.6 is 0 Å². The van der Waals surface area contributed by atoms with E-state index in [1.807, 2.05) is 29.9 Å². The number of nitrogens with two attached hydrogens (primary N) is 1. The molecule has 0 saturated carbocycles. The van der Waals surface area contributed by atoms with E-state index in [0.717, 1.165) is 35.4 Å². The summed E-state index contributed by atoms with van der Waals surface area (Å²) in [6, 6.07) is 8.54. The minimum atomic E-state index is -0.0696. The van der Waals surface area contributed by atoms with Crippen LogP contribution in [0.4, 0.5) is 0 Å². The number of benzene rings is 1. The Labute approximate surface area is 126 Å². The number of aromatic nitrogens is 2. The van der Waals surface area contributed by atoms with E-state index in [-0.39, 0.29) is 6.04 Å². The van der Waals surface area contributed by atoms with Gasteiger partial charge in [-0.3, -0.25) is 4.68 Å². The van der Waals surface area contributed by atoms with Crippen molar-refractivity contribution in [1.82, 2.24) is 9.78 Å². The number of rotatable bonds is 6. The number of aryl methyl sites for hydroxylation is 1. The average molecular weight is 287 g/mol. The van der Waals surface area contributed by atoms with Crippen LogP contribution in [0.5, 0.6) is 5.75 Å². The lowest BCUT2D eigenvalue weighted by Gasteiger charge is -2.13. The fraction of sp³-hybridized carbons (Fsp3) is 0.471. The van der Waals surface area contributed by atoms with Gasteiger partial charge in [-0.1, -0.05) is 19.1 Å². The van der Waals surface area contributed by atoms with E-state index in [2.05, 4.69) is 31.1 Å². The maximum atomic E-state index is 6.31. The summed E-state index contributed by atoms with van der Waals surface area (Å²) in [5.74, 6) is 0.882. The first-order valence-corrected chi connectivity index (χ1v) is 7.49. The Morgan fingerprint density at radius 2 is 2.10 bits per heavy atom. The molecule has 2 atom stereocenters. The van der Waals surface area contributed by atoms with Crippen LogP contribution in [-0.2, 0) is 6.42 Å². The number of hydrogen-bond acceptors (Lipinski definition) is 3. The third-order valence-electron chi connectivity index (χ3n) is 4.00. The van der Waals surface area contributed by atoms with Gasteiger partial charge in [0.25, 0.3) is 0 Å². The van der Waals surface area contributed by atoms with Gasteiger partial charge in [-0.05, 0) is 43.5 Å². The molecule has 1 aromatic carbocycles. The summed E-state index contributed by atoms with van der Waals surface area (Å²) in [5.41, 5.74) is 9.54. The van der Waals surface area contributed by atoms with Crippen LogP contribution in [0.3, 0.4) is 0 Å². The highest BCUT2D eigenvalue weighted by Crippen LogP contribution is 2.24. The van der Waals surface area contributed by atoms with Crippen molar-refractivity contribution < 1.29 is 4.74 Å². The Balaban J connectivity index is 2.10. The standard InChI is InChI=1S/C17H25N3O/c1-5-13(3)20-9-8-15(19-20)11-16(18)14-7-6-12(2)17(10-14)21-4/h6-10,13,16H,5,11,18H2,1-4H3. The third-order valence-corrected chi connectivity index (χ3v) is 4.00. The number of ether oxygens (including phenoxy) is 1. The van der Waals surface area contributed by atoms with E-state index in [9.17, 15) is 0 Å². The minimum Gasteiger partial charge on any atom is -0.496 e. The molecule has 2 N–H and O–H groups in total. The van der Waals surface area contributed by atoms with Gasteiger partial charge in [0.15, 0.2) is 0 Å². The largest absolute Gasteiger partial charge is 0.496 e. The Morgan fingerprint density at radius 3 is 2.76 bits per heavy atom. The van der Waals surface area contributed by atoms with Crippen molar-refractivity contribution in [3.8, 4) is 5.75 Å². The zero-order chi connectivity index (χ0) is 15.4. The summed E-state index contributed by atoms with van der Waals surface area (Å²) in [5, 5.41) is 4.61. The maximum Gasteiger partial charge on any atom is 0.122 e. The highest BCUT2D eigenvalue weighted by molar-refractivity contribution is 5.38. The van der Waals surface area contributed by atoms with Crippen LogP contribution in [0.15, 0.2) is 30.5 Å². The summed E-state index contributed by atoms with van der Waals surface area (Å²) in [7, 11) is 1.69. The Kier molecular flexibility index (Phi) is 5.02. The third kappa shape index (κ3) is 3.64. The van der Waals surface area contributed by atoms with Gasteiger partial charge in [-0.25, -0.2) is 0 Å². The SMILES string of the molecule is CCC(C)n1ccc(CC(N)c2ccc(C)c(OC)c2)n1. The Bertz CT molecular complexity index is 591. The van der Waals surface area contributed by atoms with Gasteiger partial charge in [0, 0.05) is 24.7 Å². The second-order valence-electron chi connectivity index (χ2n) is 5.58. The second-order valence-corrected chi connectivity index (χ2v) is 5.58. The lowest BCUT2D eigenvalue weighted by atomic mass is 10.0. The van der Waals surface area contributed by atoms with E-state index in [4.69, 9.17) is 10.5 Å². The molecule has 2 aromatic rings. The predicted octanol–water partition coefficient (Wildman–Crippen LogP) is 3.41. The molecule has 4 heteroatoms. The Hall–Kier alpha value is -1.81. The molecule has 114 valence electrons. The van der Waals surface area contributed by atoms with Gasteiger partial charge in [-0.2, -0.15) is 5.10 Å². The lowest BCUT2D eigenvalue weighted by molar-refractivity contribution is 0.410. The van der Waals surface area contributed by atoms with Crippen molar-refractivity contribution in [2.75, 3.05) is 7.11 Å². The van der Waals surface area contributed by atoms with Gasteiger partial charge in [0.1, 0.15) is 5.75 Å². The van der Waals surface area contributed by atoms with Gasteiger partial charge in [-0.15, -0.1) is 0 Å². The molecule has 0 bridgehead atoms. The smallest absolute Gasteiger partial charge is 0.122 e. The van der Waals surface area contributed by atoms with Crippen LogP contribution in [0.2, 0.25) is 0 Å². The van der Waals surface area contributed by atoms with E-state index in [1.54, 1.807) is 7.11 Å². The fourth-order valence-corrected chi connectivity index (χ4v) is 2.33. The van der Waals surface area contributed by atoms with Crippen molar-refractivity contribution in [2.45, 2.75) is 45.7 Å². The summed E-state index contributed by atoms with van der Waals surface area (Å²) in [6.07, 6.45) is 3.84. The fourth-order valence-electron chi connectivity index (χ4n) is 2.33. The maximum absolute atomic E-state index is 6.31. The van der Waals surface area contributed by atoms with E-state index >= 15 is 0 Å². The zero-order valence-electron chi connectivity index (χ0n) is 13.3. The van der Waals surface area contributed by atoms with Crippen LogP contribution in [-0.4, -0.2) is 16.9 Å². The van der Waals surface area contributed by atoms with Gasteiger partial charge in [0.2, 0.25) is 0 Å². The molecule has 0 saturated heterocycles. The molecule has 0 fully saturated rings. The highest BCUT2D eigenvalue weighted by Gasteiger charge is 2.12. The number of nitrogens with zero attached hydrogens (tertiary/aromatic N) is 2. The predicted molar refractivity (Wildman–Crippen MR) is 85.6 cm³/mol. The van der Waals surface area contributed by atoms with Crippen molar-refractivity contribution in [3.63, 3.8) is 0 Å². The van der Waals surface area contributed by atoms with Gasteiger partial charge >= 0.3 is 0 Å². The number of hydrogen-bond donors (Lipinski definition) is 1. The van der Waals surface area contributed by atoms with Gasteiger partial charge < -0.3 is 10.5 Å². The van der Waals surface area contributed by atoms with Crippen LogP contribution < -0.4 is 10.5 Å². The molecule has 0 radical (unpaired) electrons. The van der Waals surface area contributed by atoms with Crippen molar-refractivity contribution in [1.29, 1.82) is 0 Å². The molecule has 0 amide bonds. The molecule has 21 heavy (non-hydrogen) atoms. The topological polar surface area (TPSA) is 53.1 Å². The number of methoxy groups -OCH3 is 1. The second kappa shape index (κ2) is 6.76. The summed E-state index contributed by atoms with van der Waals surface area (Å²) in [6.45, 7) is 6.36. The molecule has 2 rings (SSSR count). The van der Waals surface area contributed by atoms with Gasteiger partial charge in [0.05, 0.1) is 12.8 Å². The zero-order valence-corrected chi connectivity index (χ0v) is 13.3. The first-order valence-electron chi connectivity index (χ1n) is 7.49. The molecule has 0 spiro atoms. The summed E-state index contributed by atoms with van der Waals surface area (Å²) < 4.78 is 7.37. The normalized spacial score (nSPS) is 14.0. The monoisotopic (exact) mass is 287 g/mol. The molecular formula is C17H25N3O.